The third-order valence-corrected chi connectivity index (χ3v) is 5.50. The lowest BCUT2D eigenvalue weighted by atomic mass is 9.72. The number of benzene rings is 1. The zero-order valence-electron chi connectivity index (χ0n) is 13.6. The Kier molecular flexibility index (Phi) is 4.03. The normalized spacial score (nSPS) is 27.9. The van der Waals surface area contributed by atoms with E-state index in [1.807, 2.05) is 11.7 Å². The Morgan fingerprint density at radius 1 is 1.19 bits per heavy atom. The minimum Gasteiger partial charge on any atom is -0.311 e. The summed E-state index contributed by atoms with van der Waals surface area (Å²) in [5, 5.41) is 9.68. The van der Waals surface area contributed by atoms with Crippen LogP contribution in [0.1, 0.15) is 44.8 Å². The average molecular weight is 285 g/mol. The molecule has 3 heteroatoms. The van der Waals surface area contributed by atoms with Crippen LogP contribution < -0.4 is 5.32 Å². The van der Waals surface area contributed by atoms with Crippen LogP contribution in [0.2, 0.25) is 0 Å². The first-order valence-corrected chi connectivity index (χ1v) is 8.20. The summed E-state index contributed by atoms with van der Waals surface area (Å²) in [6.07, 6.45) is 3.95. The van der Waals surface area contributed by atoms with Crippen LogP contribution in [0.4, 0.5) is 0 Å². The van der Waals surface area contributed by atoms with Crippen LogP contribution >= 0.6 is 0 Å². The van der Waals surface area contributed by atoms with Crippen LogP contribution in [0, 0.1) is 17.8 Å². The molecule has 1 aromatic carbocycles. The molecule has 1 aliphatic carbocycles. The Hall–Kier alpha value is -1.35. The second-order valence-electron chi connectivity index (χ2n) is 6.82. The first-order valence-electron chi connectivity index (χ1n) is 8.20. The van der Waals surface area contributed by atoms with Gasteiger partial charge in [0, 0.05) is 12.4 Å². The summed E-state index contributed by atoms with van der Waals surface area (Å²) in [5.74, 6) is 2.37. The van der Waals surface area contributed by atoms with Crippen molar-refractivity contribution in [2.24, 2.45) is 24.8 Å². The smallest absolute Gasteiger partial charge is 0.0875 e. The molecule has 2 aromatic rings. The van der Waals surface area contributed by atoms with Crippen LogP contribution in [0.15, 0.2) is 24.3 Å². The van der Waals surface area contributed by atoms with E-state index < -0.39 is 0 Å². The van der Waals surface area contributed by atoms with Gasteiger partial charge in [0.2, 0.25) is 0 Å². The maximum Gasteiger partial charge on any atom is 0.0875 e. The topological polar surface area (TPSA) is 29.9 Å². The molecule has 3 rings (SSSR count). The summed E-state index contributed by atoms with van der Waals surface area (Å²) in [4.78, 5) is 0. The summed E-state index contributed by atoms with van der Waals surface area (Å²) < 4.78 is 2.02. The molecule has 0 saturated heterocycles. The number of para-hydroxylation sites is 1. The van der Waals surface area contributed by atoms with E-state index in [9.17, 15) is 0 Å². The summed E-state index contributed by atoms with van der Waals surface area (Å²) in [6, 6.07) is 8.94. The highest BCUT2D eigenvalue weighted by molar-refractivity contribution is 5.82. The highest BCUT2D eigenvalue weighted by Gasteiger charge is 2.32. The minimum atomic E-state index is 0.367. The fourth-order valence-corrected chi connectivity index (χ4v) is 3.96. The van der Waals surface area contributed by atoms with Crippen LogP contribution in [0.5, 0.6) is 0 Å². The minimum absolute atomic E-state index is 0.367. The molecule has 1 aromatic heterocycles. The lowest BCUT2D eigenvalue weighted by Crippen LogP contribution is -2.32. The second kappa shape index (κ2) is 5.80. The molecule has 3 nitrogen and oxygen atoms in total. The molecule has 21 heavy (non-hydrogen) atoms. The molecule has 0 amide bonds. The van der Waals surface area contributed by atoms with Crippen molar-refractivity contribution in [3.8, 4) is 0 Å². The molecule has 1 N–H and O–H groups in total. The van der Waals surface area contributed by atoms with E-state index in [4.69, 9.17) is 5.10 Å². The van der Waals surface area contributed by atoms with Gasteiger partial charge in [0.15, 0.2) is 0 Å². The Balaban J connectivity index is 1.95. The maximum atomic E-state index is 4.83. The number of nitrogens with zero attached hydrogens (tertiary/aromatic N) is 2. The molecule has 0 spiro atoms. The van der Waals surface area contributed by atoms with Crippen molar-refractivity contribution in [2.45, 2.75) is 39.2 Å². The third-order valence-electron chi connectivity index (χ3n) is 5.50. The molecule has 1 fully saturated rings. The van der Waals surface area contributed by atoms with Gasteiger partial charge in [-0.05, 0) is 43.7 Å². The van der Waals surface area contributed by atoms with Crippen molar-refractivity contribution in [3.05, 3.63) is 30.0 Å². The molecule has 0 bridgehead atoms. The fourth-order valence-electron chi connectivity index (χ4n) is 3.96. The van der Waals surface area contributed by atoms with Crippen LogP contribution in [0.3, 0.4) is 0 Å². The van der Waals surface area contributed by atoms with Gasteiger partial charge >= 0.3 is 0 Å². The zero-order chi connectivity index (χ0) is 15.0. The van der Waals surface area contributed by atoms with Gasteiger partial charge in [0.1, 0.15) is 0 Å². The quantitative estimate of drug-likeness (QED) is 0.926. The molecule has 4 unspecified atom stereocenters. The molecular weight excluding hydrogens is 258 g/mol. The zero-order valence-corrected chi connectivity index (χ0v) is 13.6. The second-order valence-corrected chi connectivity index (χ2v) is 6.82. The first kappa shape index (κ1) is 14.6. The Morgan fingerprint density at radius 2 is 1.95 bits per heavy atom. The Morgan fingerprint density at radius 3 is 2.67 bits per heavy atom. The van der Waals surface area contributed by atoms with Gasteiger partial charge in [-0.25, -0.2) is 0 Å². The van der Waals surface area contributed by atoms with E-state index in [2.05, 4.69) is 50.5 Å². The predicted molar refractivity (Wildman–Crippen MR) is 88.2 cm³/mol. The van der Waals surface area contributed by atoms with E-state index in [-0.39, 0.29) is 0 Å². The number of aryl methyl sites for hydroxylation is 1. The number of nitrogens with one attached hydrogen (secondary N) is 1. The average Bonchev–Trinajstić information content (AvgIpc) is 2.82. The van der Waals surface area contributed by atoms with Gasteiger partial charge in [0.05, 0.1) is 17.3 Å². The summed E-state index contributed by atoms with van der Waals surface area (Å²) in [5.41, 5.74) is 2.45. The largest absolute Gasteiger partial charge is 0.311 e. The highest BCUT2D eigenvalue weighted by atomic mass is 15.3. The molecule has 0 radical (unpaired) electrons. The lowest BCUT2D eigenvalue weighted by molar-refractivity contribution is 0.173. The van der Waals surface area contributed by atoms with Gasteiger partial charge in [-0.1, -0.05) is 38.5 Å². The van der Waals surface area contributed by atoms with Gasteiger partial charge in [-0.2, -0.15) is 5.10 Å². The van der Waals surface area contributed by atoms with Gasteiger partial charge in [0.25, 0.3) is 0 Å². The fraction of sp³-hybridized carbons (Fsp3) is 0.611. The van der Waals surface area contributed by atoms with Gasteiger partial charge in [-0.15, -0.1) is 0 Å². The molecule has 1 saturated carbocycles. The molecular formula is C18H27N3. The van der Waals surface area contributed by atoms with E-state index in [1.165, 1.54) is 35.9 Å². The number of hydrogen-bond acceptors (Lipinski definition) is 2. The SMILES string of the molecule is CNC(c1nn(C)c2ccccc12)C1CCC(C)C(C)C1. The molecule has 0 aliphatic heterocycles. The first-order chi connectivity index (χ1) is 10.1. The molecule has 1 aliphatic rings. The van der Waals surface area contributed by atoms with Crippen molar-refractivity contribution in [1.82, 2.24) is 15.1 Å². The van der Waals surface area contributed by atoms with Crippen LogP contribution in [-0.2, 0) is 7.05 Å². The van der Waals surface area contributed by atoms with E-state index in [0.717, 1.165) is 11.8 Å². The Bertz CT molecular complexity index is 616. The van der Waals surface area contributed by atoms with Crippen molar-refractivity contribution in [2.75, 3.05) is 7.05 Å². The summed E-state index contributed by atoms with van der Waals surface area (Å²) in [6.45, 7) is 4.80. The Labute approximate surface area is 127 Å². The van der Waals surface area contributed by atoms with Crippen molar-refractivity contribution in [1.29, 1.82) is 0 Å². The molecule has 114 valence electrons. The van der Waals surface area contributed by atoms with Crippen LogP contribution in [0.25, 0.3) is 10.9 Å². The number of fused-ring (bicyclic) bond motifs is 1. The predicted octanol–water partition coefficient (Wildman–Crippen LogP) is 3.91. The van der Waals surface area contributed by atoms with Crippen molar-refractivity contribution < 1.29 is 0 Å². The molecule has 1 heterocycles. The third kappa shape index (κ3) is 2.59. The lowest BCUT2D eigenvalue weighted by Gasteiger charge is -2.36. The van der Waals surface area contributed by atoms with Crippen molar-refractivity contribution >= 4 is 10.9 Å². The van der Waals surface area contributed by atoms with E-state index in [1.54, 1.807) is 0 Å². The number of aromatic nitrogens is 2. The van der Waals surface area contributed by atoms with Crippen LogP contribution in [-0.4, -0.2) is 16.8 Å². The standard InChI is InChI=1S/C18H27N3/c1-12-9-10-14(11-13(12)2)17(19-3)18-15-7-5-6-8-16(15)21(4)20-18/h5-8,12-14,17,19H,9-11H2,1-4H3. The number of rotatable bonds is 3. The van der Waals surface area contributed by atoms with Gasteiger partial charge < -0.3 is 5.32 Å². The summed E-state index contributed by atoms with van der Waals surface area (Å²) in [7, 11) is 4.13. The maximum absolute atomic E-state index is 4.83. The summed E-state index contributed by atoms with van der Waals surface area (Å²) >= 11 is 0. The monoisotopic (exact) mass is 285 g/mol. The highest BCUT2D eigenvalue weighted by Crippen LogP contribution is 2.40. The number of hydrogen-bond donors (Lipinski definition) is 1. The van der Waals surface area contributed by atoms with Gasteiger partial charge in [-0.3, -0.25) is 4.68 Å². The molecule has 4 atom stereocenters. The van der Waals surface area contributed by atoms with E-state index in [0.29, 0.717) is 12.0 Å². The van der Waals surface area contributed by atoms with E-state index >= 15 is 0 Å². The van der Waals surface area contributed by atoms with Crippen molar-refractivity contribution in [3.63, 3.8) is 0 Å².